The van der Waals surface area contributed by atoms with E-state index in [2.05, 4.69) is 15.6 Å². The van der Waals surface area contributed by atoms with Crippen LogP contribution < -0.4 is 15.4 Å². The molecular weight excluding hydrogens is 298 g/mol. The molecule has 0 bridgehead atoms. The van der Waals surface area contributed by atoms with E-state index >= 15 is 0 Å². The summed E-state index contributed by atoms with van der Waals surface area (Å²) in [6.45, 7) is 2.60. The first-order chi connectivity index (χ1) is 11.2. The second kappa shape index (κ2) is 6.72. The number of urea groups is 2. The lowest BCUT2D eigenvalue weighted by Gasteiger charge is -2.36. The molecule has 0 saturated carbocycles. The van der Waals surface area contributed by atoms with Gasteiger partial charge >= 0.3 is 12.1 Å². The Bertz CT molecular complexity index is 594. The van der Waals surface area contributed by atoms with E-state index in [0.717, 1.165) is 12.8 Å². The largest absolute Gasteiger partial charge is 0.480 e. The number of nitrogens with zero attached hydrogens (tertiary/aromatic N) is 3. The lowest BCUT2D eigenvalue weighted by molar-refractivity contribution is 0.139. The van der Waals surface area contributed by atoms with Crippen LogP contribution in [0.5, 0.6) is 5.88 Å². The number of amides is 4. The number of anilines is 1. The van der Waals surface area contributed by atoms with Gasteiger partial charge in [0, 0.05) is 32.4 Å². The van der Waals surface area contributed by atoms with E-state index in [-0.39, 0.29) is 18.1 Å². The van der Waals surface area contributed by atoms with Crippen LogP contribution in [0, 0.1) is 0 Å². The molecule has 23 heavy (non-hydrogen) atoms. The molecule has 0 spiro atoms. The molecule has 1 atom stereocenters. The first-order valence-electron chi connectivity index (χ1n) is 7.78. The molecule has 0 aromatic carbocycles. The van der Waals surface area contributed by atoms with E-state index in [0.29, 0.717) is 37.7 Å². The van der Waals surface area contributed by atoms with E-state index in [1.54, 1.807) is 23.2 Å². The Hall–Kier alpha value is -2.51. The number of aromatic nitrogens is 1. The Kier molecular flexibility index (Phi) is 4.50. The zero-order chi connectivity index (χ0) is 16.2. The van der Waals surface area contributed by atoms with Crippen molar-refractivity contribution in [2.45, 2.75) is 18.9 Å². The summed E-state index contributed by atoms with van der Waals surface area (Å²) in [6.07, 6.45) is 3.41. The van der Waals surface area contributed by atoms with Gasteiger partial charge in [-0.3, -0.25) is 0 Å². The second-order valence-corrected chi connectivity index (χ2v) is 5.66. The standard InChI is InChI=1S/C15H21N5O3/c1-23-13-12(5-2-6-16-13)18-15(22)19-8-3-4-11(10-19)20-9-7-17-14(20)21/h2,5-6,11H,3-4,7-10H2,1H3,(H,17,21)(H,18,22)/t11-/m1/s1. The lowest BCUT2D eigenvalue weighted by Crippen LogP contribution is -2.51. The van der Waals surface area contributed by atoms with Gasteiger partial charge < -0.3 is 25.2 Å². The number of carbonyl (C=O) groups is 2. The highest BCUT2D eigenvalue weighted by Crippen LogP contribution is 2.22. The lowest BCUT2D eigenvalue weighted by atomic mass is 10.0. The highest BCUT2D eigenvalue weighted by Gasteiger charge is 2.32. The number of likely N-dealkylation sites (tertiary alicyclic amines) is 1. The normalized spacial score (nSPS) is 21.1. The van der Waals surface area contributed by atoms with Crippen molar-refractivity contribution >= 4 is 17.7 Å². The minimum absolute atomic E-state index is 0.0359. The number of rotatable bonds is 3. The maximum Gasteiger partial charge on any atom is 0.322 e. The molecule has 4 amide bonds. The molecule has 2 saturated heterocycles. The van der Waals surface area contributed by atoms with Gasteiger partial charge in [0.25, 0.3) is 0 Å². The molecule has 3 heterocycles. The van der Waals surface area contributed by atoms with Crippen LogP contribution in [0.1, 0.15) is 12.8 Å². The van der Waals surface area contributed by atoms with Crippen LogP contribution in [0.15, 0.2) is 18.3 Å². The first-order valence-corrected chi connectivity index (χ1v) is 7.78. The minimum atomic E-state index is -0.194. The van der Waals surface area contributed by atoms with Gasteiger partial charge in [-0.2, -0.15) is 0 Å². The Morgan fingerprint density at radius 1 is 1.48 bits per heavy atom. The number of methoxy groups -OCH3 is 1. The fourth-order valence-corrected chi connectivity index (χ4v) is 3.07. The molecule has 8 nitrogen and oxygen atoms in total. The topological polar surface area (TPSA) is 86.8 Å². The van der Waals surface area contributed by atoms with Crippen molar-refractivity contribution in [2.24, 2.45) is 0 Å². The van der Waals surface area contributed by atoms with Gasteiger partial charge in [0.15, 0.2) is 0 Å². The molecule has 0 unspecified atom stereocenters. The van der Waals surface area contributed by atoms with Crippen LogP contribution in [-0.2, 0) is 0 Å². The number of hydrogen-bond donors (Lipinski definition) is 2. The van der Waals surface area contributed by atoms with Crippen LogP contribution in [-0.4, -0.2) is 66.2 Å². The van der Waals surface area contributed by atoms with Gasteiger partial charge in [0.05, 0.1) is 13.2 Å². The third kappa shape index (κ3) is 3.30. The minimum Gasteiger partial charge on any atom is -0.480 e. The summed E-state index contributed by atoms with van der Waals surface area (Å²) >= 11 is 0. The van der Waals surface area contributed by atoms with E-state index < -0.39 is 0 Å². The second-order valence-electron chi connectivity index (χ2n) is 5.66. The number of nitrogens with one attached hydrogen (secondary N) is 2. The highest BCUT2D eigenvalue weighted by atomic mass is 16.5. The number of carbonyl (C=O) groups excluding carboxylic acids is 2. The predicted octanol–water partition coefficient (Wildman–Crippen LogP) is 1.11. The summed E-state index contributed by atoms with van der Waals surface area (Å²) in [6, 6.07) is 3.34. The highest BCUT2D eigenvalue weighted by molar-refractivity contribution is 5.90. The van der Waals surface area contributed by atoms with E-state index in [9.17, 15) is 9.59 Å². The molecule has 2 N–H and O–H groups in total. The van der Waals surface area contributed by atoms with E-state index in [1.165, 1.54) is 7.11 Å². The van der Waals surface area contributed by atoms with Crippen LogP contribution in [0.4, 0.5) is 15.3 Å². The molecule has 0 aliphatic carbocycles. The Morgan fingerprint density at radius 3 is 3.09 bits per heavy atom. The number of ether oxygens (including phenoxy) is 1. The fourth-order valence-electron chi connectivity index (χ4n) is 3.07. The molecule has 2 aliphatic rings. The average molecular weight is 319 g/mol. The van der Waals surface area contributed by atoms with E-state index in [4.69, 9.17) is 4.74 Å². The van der Waals surface area contributed by atoms with Gasteiger partial charge in [-0.25, -0.2) is 14.6 Å². The summed E-state index contributed by atoms with van der Waals surface area (Å²) < 4.78 is 5.14. The summed E-state index contributed by atoms with van der Waals surface area (Å²) in [7, 11) is 1.51. The summed E-state index contributed by atoms with van der Waals surface area (Å²) in [5.41, 5.74) is 0.543. The Labute approximate surface area is 134 Å². The van der Waals surface area contributed by atoms with Crippen LogP contribution >= 0.6 is 0 Å². The Balaban J connectivity index is 1.64. The third-order valence-corrected chi connectivity index (χ3v) is 4.22. The first kappa shape index (κ1) is 15.4. The molecular formula is C15H21N5O3. The van der Waals surface area contributed by atoms with Gasteiger partial charge in [-0.15, -0.1) is 0 Å². The molecule has 124 valence electrons. The van der Waals surface area contributed by atoms with E-state index in [1.807, 2.05) is 4.90 Å². The van der Waals surface area contributed by atoms with Crippen LogP contribution in [0.2, 0.25) is 0 Å². The van der Waals surface area contributed by atoms with Crippen LogP contribution in [0.3, 0.4) is 0 Å². The van der Waals surface area contributed by atoms with Gasteiger partial charge in [-0.1, -0.05) is 0 Å². The van der Waals surface area contributed by atoms with Crippen molar-refractivity contribution in [3.63, 3.8) is 0 Å². The number of piperidine rings is 1. The predicted molar refractivity (Wildman–Crippen MR) is 84.5 cm³/mol. The number of pyridine rings is 1. The summed E-state index contributed by atoms with van der Waals surface area (Å²) in [5, 5.41) is 5.64. The van der Waals surface area contributed by atoms with Crippen molar-refractivity contribution in [1.29, 1.82) is 0 Å². The van der Waals surface area contributed by atoms with Gasteiger partial charge in [0.1, 0.15) is 5.69 Å². The molecule has 2 fully saturated rings. The zero-order valence-corrected chi connectivity index (χ0v) is 13.1. The van der Waals surface area contributed by atoms with Gasteiger partial charge in [-0.05, 0) is 25.0 Å². The summed E-state index contributed by atoms with van der Waals surface area (Å²) in [4.78, 5) is 31.9. The van der Waals surface area contributed by atoms with Gasteiger partial charge in [0.2, 0.25) is 5.88 Å². The molecule has 1 aromatic rings. The third-order valence-electron chi connectivity index (χ3n) is 4.22. The molecule has 2 aliphatic heterocycles. The van der Waals surface area contributed by atoms with Crippen molar-refractivity contribution in [2.75, 3.05) is 38.6 Å². The maximum absolute atomic E-state index is 12.5. The van der Waals surface area contributed by atoms with Crippen molar-refractivity contribution in [3.05, 3.63) is 18.3 Å². The quantitative estimate of drug-likeness (QED) is 0.874. The van der Waals surface area contributed by atoms with Crippen molar-refractivity contribution < 1.29 is 14.3 Å². The van der Waals surface area contributed by atoms with Crippen molar-refractivity contribution in [1.82, 2.24) is 20.1 Å². The maximum atomic E-state index is 12.5. The molecule has 1 aromatic heterocycles. The summed E-state index contributed by atoms with van der Waals surface area (Å²) in [5.74, 6) is 0.383. The average Bonchev–Trinajstić information content (AvgIpc) is 3.01. The molecule has 0 radical (unpaired) electrons. The molecule has 3 rings (SSSR count). The van der Waals surface area contributed by atoms with Crippen LogP contribution in [0.25, 0.3) is 0 Å². The monoisotopic (exact) mass is 319 g/mol. The smallest absolute Gasteiger partial charge is 0.322 e. The Morgan fingerprint density at radius 2 is 2.35 bits per heavy atom. The fraction of sp³-hybridized carbons (Fsp3) is 0.533. The van der Waals surface area contributed by atoms with Crippen molar-refractivity contribution in [3.8, 4) is 5.88 Å². The molecule has 8 heteroatoms. The number of hydrogen-bond acceptors (Lipinski definition) is 4. The SMILES string of the molecule is COc1ncccc1NC(=O)N1CCC[C@@H](N2CCNC2=O)C1. The zero-order valence-electron chi connectivity index (χ0n) is 13.1.